The Morgan fingerprint density at radius 1 is 1.11 bits per heavy atom. The first-order valence-electron chi connectivity index (χ1n) is 8.79. The summed E-state index contributed by atoms with van der Waals surface area (Å²) in [6, 6.07) is 15.1. The summed E-state index contributed by atoms with van der Waals surface area (Å²) in [6.45, 7) is 4.11. The molecule has 0 atom stereocenters. The minimum absolute atomic E-state index is 0.246. The number of halogens is 1. The number of hydrogen-bond acceptors (Lipinski definition) is 3. The Hall–Kier alpha value is -2.51. The van der Waals surface area contributed by atoms with Crippen molar-refractivity contribution < 1.29 is 4.79 Å². The maximum Gasteiger partial charge on any atom is 0.257 e. The molecule has 144 valence electrons. The number of amides is 1. The topological polar surface area (TPSA) is 59.0 Å². The Bertz CT molecular complexity index is 1010. The number of nitrogens with zero attached hydrogens (tertiary/aromatic N) is 2. The SMILES string of the molecule is Cc1nn(C)c(C)c1Cc1ccc(NC(=S)NC(=O)c2ccc(Br)cc2)cc1. The van der Waals surface area contributed by atoms with Crippen LogP contribution in [0.3, 0.4) is 0 Å². The lowest BCUT2D eigenvalue weighted by molar-refractivity contribution is 0.0977. The molecular weight excluding hydrogens is 436 g/mol. The van der Waals surface area contributed by atoms with Gasteiger partial charge in [0.05, 0.1) is 5.69 Å². The second-order valence-electron chi connectivity index (χ2n) is 6.56. The van der Waals surface area contributed by atoms with Gasteiger partial charge in [-0.05, 0) is 68.0 Å². The van der Waals surface area contributed by atoms with E-state index < -0.39 is 0 Å². The van der Waals surface area contributed by atoms with Gasteiger partial charge in [-0.1, -0.05) is 28.1 Å². The van der Waals surface area contributed by atoms with Crippen molar-refractivity contribution in [2.24, 2.45) is 7.05 Å². The molecule has 0 bridgehead atoms. The molecule has 1 heterocycles. The molecule has 0 aliphatic carbocycles. The molecule has 0 spiro atoms. The van der Waals surface area contributed by atoms with Gasteiger partial charge in [0.2, 0.25) is 0 Å². The molecule has 2 aromatic carbocycles. The van der Waals surface area contributed by atoms with Crippen LogP contribution in [0.4, 0.5) is 5.69 Å². The second kappa shape index (κ2) is 8.67. The molecule has 5 nitrogen and oxygen atoms in total. The van der Waals surface area contributed by atoms with Crippen molar-refractivity contribution in [3.05, 3.63) is 81.1 Å². The van der Waals surface area contributed by atoms with Gasteiger partial charge in [-0.25, -0.2) is 0 Å². The van der Waals surface area contributed by atoms with Crippen molar-refractivity contribution in [3.63, 3.8) is 0 Å². The molecule has 0 unspecified atom stereocenters. The van der Waals surface area contributed by atoms with Crippen molar-refractivity contribution >= 4 is 44.9 Å². The number of rotatable bonds is 4. The quantitative estimate of drug-likeness (QED) is 0.566. The molecule has 0 aliphatic heterocycles. The summed E-state index contributed by atoms with van der Waals surface area (Å²) in [5.41, 5.74) is 6.04. The minimum atomic E-state index is -0.246. The number of aryl methyl sites for hydroxylation is 2. The first-order chi connectivity index (χ1) is 13.3. The van der Waals surface area contributed by atoms with Gasteiger partial charge < -0.3 is 5.32 Å². The molecule has 0 aliphatic rings. The number of aromatic nitrogens is 2. The average molecular weight is 457 g/mol. The van der Waals surface area contributed by atoms with Crippen molar-refractivity contribution in [2.75, 3.05) is 5.32 Å². The van der Waals surface area contributed by atoms with Gasteiger partial charge in [-0.15, -0.1) is 0 Å². The Labute approximate surface area is 178 Å². The third kappa shape index (κ3) is 4.85. The molecular formula is C21H21BrN4OS. The van der Waals surface area contributed by atoms with Crippen LogP contribution in [0.1, 0.15) is 32.9 Å². The van der Waals surface area contributed by atoms with Gasteiger partial charge in [0.1, 0.15) is 0 Å². The fourth-order valence-electron chi connectivity index (χ4n) is 2.92. The van der Waals surface area contributed by atoms with Crippen LogP contribution in [0.25, 0.3) is 0 Å². The van der Waals surface area contributed by atoms with Crippen LogP contribution >= 0.6 is 28.1 Å². The first kappa shape index (κ1) is 20.2. The minimum Gasteiger partial charge on any atom is -0.332 e. The van der Waals surface area contributed by atoms with Crippen LogP contribution < -0.4 is 10.6 Å². The fourth-order valence-corrected chi connectivity index (χ4v) is 3.40. The lowest BCUT2D eigenvalue weighted by Gasteiger charge is -2.10. The van der Waals surface area contributed by atoms with Gasteiger partial charge in [0, 0.05) is 40.4 Å². The van der Waals surface area contributed by atoms with Crippen LogP contribution in [0.2, 0.25) is 0 Å². The van der Waals surface area contributed by atoms with Crippen LogP contribution in [-0.4, -0.2) is 20.8 Å². The standard InChI is InChI=1S/C21H21BrN4OS/c1-13-19(14(2)26(3)25-13)12-15-4-10-18(11-5-15)23-21(28)24-20(27)16-6-8-17(22)9-7-16/h4-11H,12H2,1-3H3,(H2,23,24,27,28). The third-order valence-electron chi connectivity index (χ3n) is 4.59. The molecule has 0 saturated carbocycles. The maximum atomic E-state index is 12.2. The number of carbonyl (C=O) groups is 1. The van der Waals surface area contributed by atoms with E-state index in [1.807, 2.05) is 55.1 Å². The number of hydrogen-bond donors (Lipinski definition) is 2. The van der Waals surface area contributed by atoms with Crippen LogP contribution in [0.15, 0.2) is 53.0 Å². The van der Waals surface area contributed by atoms with E-state index >= 15 is 0 Å². The average Bonchev–Trinajstić information content (AvgIpc) is 2.89. The molecule has 0 saturated heterocycles. The number of nitrogens with one attached hydrogen (secondary N) is 2. The smallest absolute Gasteiger partial charge is 0.257 e. The second-order valence-corrected chi connectivity index (χ2v) is 7.89. The molecule has 0 fully saturated rings. The summed E-state index contributed by atoms with van der Waals surface area (Å²) in [5.74, 6) is -0.246. The maximum absolute atomic E-state index is 12.2. The van der Waals surface area contributed by atoms with Crippen LogP contribution in [0.5, 0.6) is 0 Å². The Morgan fingerprint density at radius 2 is 1.75 bits per heavy atom. The Balaban J connectivity index is 1.60. The van der Waals surface area contributed by atoms with Crippen molar-refractivity contribution in [1.82, 2.24) is 15.1 Å². The summed E-state index contributed by atoms with van der Waals surface area (Å²) in [7, 11) is 1.96. The van der Waals surface area contributed by atoms with Crippen LogP contribution in [0, 0.1) is 13.8 Å². The highest BCUT2D eigenvalue weighted by atomic mass is 79.9. The van der Waals surface area contributed by atoms with E-state index in [1.54, 1.807) is 12.1 Å². The van der Waals surface area contributed by atoms with Gasteiger partial charge in [-0.3, -0.25) is 14.8 Å². The Morgan fingerprint density at radius 3 is 2.32 bits per heavy atom. The van der Waals surface area contributed by atoms with Crippen molar-refractivity contribution in [1.29, 1.82) is 0 Å². The van der Waals surface area contributed by atoms with Gasteiger partial charge in [-0.2, -0.15) is 5.10 Å². The molecule has 28 heavy (non-hydrogen) atoms. The highest BCUT2D eigenvalue weighted by Gasteiger charge is 2.11. The summed E-state index contributed by atoms with van der Waals surface area (Å²) in [4.78, 5) is 12.2. The lowest BCUT2D eigenvalue weighted by Crippen LogP contribution is -2.34. The molecule has 0 radical (unpaired) electrons. The molecule has 1 aromatic heterocycles. The van der Waals surface area contributed by atoms with E-state index in [1.165, 1.54) is 16.8 Å². The van der Waals surface area contributed by atoms with E-state index in [0.29, 0.717) is 5.56 Å². The van der Waals surface area contributed by atoms with E-state index in [-0.39, 0.29) is 11.0 Å². The molecule has 2 N–H and O–H groups in total. The largest absolute Gasteiger partial charge is 0.332 e. The van der Waals surface area contributed by atoms with E-state index in [2.05, 4.69) is 38.6 Å². The highest BCUT2D eigenvalue weighted by Crippen LogP contribution is 2.19. The monoisotopic (exact) mass is 456 g/mol. The normalized spacial score (nSPS) is 10.6. The third-order valence-corrected chi connectivity index (χ3v) is 5.32. The zero-order valence-electron chi connectivity index (χ0n) is 15.9. The molecule has 3 aromatic rings. The zero-order valence-corrected chi connectivity index (χ0v) is 18.3. The van der Waals surface area contributed by atoms with Gasteiger partial charge in [0.15, 0.2) is 5.11 Å². The molecule has 3 rings (SSSR count). The summed E-state index contributed by atoms with van der Waals surface area (Å²) in [6.07, 6.45) is 0.830. The van der Waals surface area contributed by atoms with Gasteiger partial charge >= 0.3 is 0 Å². The predicted molar refractivity (Wildman–Crippen MR) is 120 cm³/mol. The summed E-state index contributed by atoms with van der Waals surface area (Å²) in [5, 5.41) is 10.5. The summed E-state index contributed by atoms with van der Waals surface area (Å²) >= 11 is 8.60. The number of benzene rings is 2. The Kier molecular flexibility index (Phi) is 6.26. The molecule has 7 heteroatoms. The lowest BCUT2D eigenvalue weighted by atomic mass is 10.0. The number of carbonyl (C=O) groups excluding carboxylic acids is 1. The van der Waals surface area contributed by atoms with Gasteiger partial charge in [0.25, 0.3) is 5.91 Å². The van der Waals surface area contributed by atoms with Crippen LogP contribution in [-0.2, 0) is 13.5 Å². The zero-order chi connectivity index (χ0) is 20.3. The number of thiocarbonyl (C=S) groups is 1. The van der Waals surface area contributed by atoms with Crippen molar-refractivity contribution in [2.45, 2.75) is 20.3 Å². The van der Waals surface area contributed by atoms with E-state index in [4.69, 9.17) is 12.2 Å². The first-order valence-corrected chi connectivity index (χ1v) is 9.99. The predicted octanol–water partition coefficient (Wildman–Crippen LogP) is 4.52. The summed E-state index contributed by atoms with van der Waals surface area (Å²) < 4.78 is 2.83. The fraction of sp³-hybridized carbons (Fsp3) is 0.190. The van der Waals surface area contributed by atoms with Crippen molar-refractivity contribution in [3.8, 4) is 0 Å². The number of anilines is 1. The van der Waals surface area contributed by atoms with E-state index in [0.717, 1.165) is 22.3 Å². The molecule has 1 amide bonds. The van der Waals surface area contributed by atoms with E-state index in [9.17, 15) is 4.79 Å². The highest BCUT2D eigenvalue weighted by molar-refractivity contribution is 9.10.